The normalized spacial score (nSPS) is 12.3. The maximum atomic E-state index is 5.30. The van der Waals surface area contributed by atoms with Crippen molar-refractivity contribution >= 4 is 29.9 Å². The Bertz CT molecular complexity index is 816. The fraction of sp³-hybridized carbons (Fsp3) is 0.316. The predicted octanol–water partition coefficient (Wildman–Crippen LogP) is 3.54. The van der Waals surface area contributed by atoms with Gasteiger partial charge in [0.15, 0.2) is 11.7 Å². The minimum atomic E-state index is 0. The maximum absolute atomic E-state index is 5.30. The lowest BCUT2D eigenvalue weighted by Gasteiger charge is -2.16. The van der Waals surface area contributed by atoms with Gasteiger partial charge in [-0.2, -0.15) is 0 Å². The molecule has 0 fully saturated rings. The summed E-state index contributed by atoms with van der Waals surface area (Å²) < 4.78 is 5.30. The van der Waals surface area contributed by atoms with E-state index >= 15 is 0 Å². The van der Waals surface area contributed by atoms with Crippen LogP contribution >= 0.6 is 24.0 Å². The number of aliphatic imine (C=N–C) groups is 1. The molecule has 8 heteroatoms. The number of guanidine groups is 1. The van der Waals surface area contributed by atoms with E-state index in [-0.39, 0.29) is 24.0 Å². The highest BCUT2D eigenvalue weighted by Gasteiger charge is 2.09. The fourth-order valence-electron chi connectivity index (χ4n) is 2.53. The Kier molecular flexibility index (Phi) is 8.31. The van der Waals surface area contributed by atoms with E-state index in [1.54, 1.807) is 6.26 Å². The van der Waals surface area contributed by atoms with Gasteiger partial charge in [-0.1, -0.05) is 37.3 Å². The molecular weight excluding hydrogens is 455 g/mol. The van der Waals surface area contributed by atoms with Crippen LogP contribution in [-0.2, 0) is 6.54 Å². The van der Waals surface area contributed by atoms with Crippen molar-refractivity contribution in [3.8, 4) is 11.6 Å². The number of H-pyrrole nitrogens is 1. The van der Waals surface area contributed by atoms with Crippen LogP contribution in [-0.4, -0.2) is 34.2 Å². The van der Waals surface area contributed by atoms with Crippen LogP contribution in [0, 0.1) is 0 Å². The lowest BCUT2D eigenvalue weighted by molar-refractivity contribution is 0.577. The molecule has 0 amide bonds. The molecule has 1 atom stereocenters. The van der Waals surface area contributed by atoms with Crippen LogP contribution in [0.5, 0.6) is 0 Å². The molecule has 0 bridgehead atoms. The second-order valence-corrected chi connectivity index (χ2v) is 5.97. The summed E-state index contributed by atoms with van der Waals surface area (Å²) >= 11 is 0. The van der Waals surface area contributed by atoms with E-state index < -0.39 is 0 Å². The zero-order valence-corrected chi connectivity index (χ0v) is 17.8. The highest BCUT2D eigenvalue weighted by Crippen LogP contribution is 2.15. The molecule has 3 N–H and O–H groups in total. The molecule has 0 spiro atoms. The molecule has 0 aliphatic heterocycles. The van der Waals surface area contributed by atoms with Crippen molar-refractivity contribution in [3.05, 3.63) is 60.1 Å². The van der Waals surface area contributed by atoms with E-state index in [0.717, 1.165) is 19.0 Å². The highest BCUT2D eigenvalue weighted by atomic mass is 127. The molecule has 144 valence electrons. The largest absolute Gasteiger partial charge is 0.461 e. The van der Waals surface area contributed by atoms with Gasteiger partial charge in [0, 0.05) is 13.1 Å². The first kappa shape index (κ1) is 20.9. The van der Waals surface area contributed by atoms with Crippen molar-refractivity contribution in [2.45, 2.75) is 26.3 Å². The Morgan fingerprint density at radius 2 is 2.00 bits per heavy atom. The predicted molar refractivity (Wildman–Crippen MR) is 117 cm³/mol. The van der Waals surface area contributed by atoms with Crippen molar-refractivity contribution in [3.63, 3.8) is 0 Å². The monoisotopic (exact) mass is 480 g/mol. The van der Waals surface area contributed by atoms with Gasteiger partial charge in [0.25, 0.3) is 0 Å². The Hall–Kier alpha value is -2.36. The number of nitrogens with one attached hydrogen (secondary N) is 3. The van der Waals surface area contributed by atoms with Crippen molar-refractivity contribution in [1.29, 1.82) is 0 Å². The molecular formula is C19H25IN6O. The number of hydrogen-bond donors (Lipinski definition) is 3. The average molecular weight is 480 g/mol. The first-order chi connectivity index (χ1) is 12.8. The first-order valence-electron chi connectivity index (χ1n) is 8.78. The Labute approximate surface area is 176 Å². The Balaban J connectivity index is 0.00000261. The molecule has 0 aliphatic carbocycles. The molecule has 2 heterocycles. The number of rotatable bonds is 7. The third kappa shape index (κ3) is 6.09. The smallest absolute Gasteiger partial charge is 0.216 e. The number of aromatic amines is 1. The summed E-state index contributed by atoms with van der Waals surface area (Å²) in [6.07, 6.45) is 1.60. The molecule has 7 nitrogen and oxygen atoms in total. The summed E-state index contributed by atoms with van der Waals surface area (Å²) in [5.41, 5.74) is 1.30. The summed E-state index contributed by atoms with van der Waals surface area (Å²) in [6, 6.07) is 14.1. The first-order valence-corrected chi connectivity index (χ1v) is 8.78. The van der Waals surface area contributed by atoms with Gasteiger partial charge in [-0.15, -0.1) is 29.1 Å². The third-order valence-electron chi connectivity index (χ3n) is 3.95. The highest BCUT2D eigenvalue weighted by molar-refractivity contribution is 14.0. The molecule has 1 aromatic carbocycles. The Morgan fingerprint density at radius 3 is 2.70 bits per heavy atom. The summed E-state index contributed by atoms with van der Waals surface area (Å²) in [6.45, 7) is 6.23. The van der Waals surface area contributed by atoms with Crippen LogP contribution in [0.25, 0.3) is 11.6 Å². The standard InChI is InChI=1S/C19H24N6O.HI/c1-3-20-19(21-12-14(2)15-8-5-4-6-9-15)22-13-17-23-18(25-24-17)16-10-7-11-26-16;/h4-11,14H,3,12-13H2,1-2H3,(H2,20,21,22)(H,23,24,25);1H. The van der Waals surface area contributed by atoms with Gasteiger partial charge in [-0.25, -0.2) is 9.98 Å². The van der Waals surface area contributed by atoms with E-state index in [1.807, 2.05) is 25.1 Å². The number of aromatic nitrogens is 3. The summed E-state index contributed by atoms with van der Waals surface area (Å²) in [4.78, 5) is 8.98. The minimum absolute atomic E-state index is 0. The van der Waals surface area contributed by atoms with E-state index in [2.05, 4.69) is 62.0 Å². The quantitative estimate of drug-likeness (QED) is 0.274. The van der Waals surface area contributed by atoms with Crippen molar-refractivity contribution in [2.24, 2.45) is 4.99 Å². The van der Waals surface area contributed by atoms with E-state index in [0.29, 0.717) is 29.9 Å². The van der Waals surface area contributed by atoms with Crippen LogP contribution < -0.4 is 10.6 Å². The molecule has 3 rings (SSSR count). The molecule has 2 aromatic heterocycles. The zero-order valence-electron chi connectivity index (χ0n) is 15.5. The molecule has 0 saturated carbocycles. The van der Waals surface area contributed by atoms with Crippen molar-refractivity contribution in [2.75, 3.05) is 13.1 Å². The van der Waals surface area contributed by atoms with Gasteiger partial charge in [0.2, 0.25) is 5.82 Å². The second-order valence-electron chi connectivity index (χ2n) is 5.97. The van der Waals surface area contributed by atoms with Gasteiger partial charge in [-0.05, 0) is 30.5 Å². The van der Waals surface area contributed by atoms with Gasteiger partial charge in [-0.3, -0.25) is 5.10 Å². The summed E-state index contributed by atoms with van der Waals surface area (Å²) in [5.74, 6) is 3.00. The number of benzene rings is 1. The topological polar surface area (TPSA) is 91.1 Å². The Morgan fingerprint density at radius 1 is 1.19 bits per heavy atom. The molecule has 1 unspecified atom stereocenters. The van der Waals surface area contributed by atoms with Crippen LogP contribution in [0.2, 0.25) is 0 Å². The van der Waals surface area contributed by atoms with Crippen LogP contribution in [0.4, 0.5) is 0 Å². The summed E-state index contributed by atoms with van der Waals surface area (Å²) in [5, 5.41) is 13.7. The maximum Gasteiger partial charge on any atom is 0.216 e. The second kappa shape index (κ2) is 10.7. The molecule has 0 radical (unpaired) electrons. The lowest BCUT2D eigenvalue weighted by Crippen LogP contribution is -2.39. The number of halogens is 1. The number of hydrogen-bond acceptors (Lipinski definition) is 4. The van der Waals surface area contributed by atoms with Crippen LogP contribution in [0.3, 0.4) is 0 Å². The molecule has 27 heavy (non-hydrogen) atoms. The summed E-state index contributed by atoms with van der Waals surface area (Å²) in [7, 11) is 0. The van der Waals surface area contributed by atoms with Crippen molar-refractivity contribution in [1.82, 2.24) is 25.8 Å². The fourth-order valence-corrected chi connectivity index (χ4v) is 2.53. The third-order valence-corrected chi connectivity index (χ3v) is 3.95. The lowest BCUT2D eigenvalue weighted by atomic mass is 10.0. The van der Waals surface area contributed by atoms with Gasteiger partial charge in [0.05, 0.1) is 6.26 Å². The number of nitrogens with zero attached hydrogens (tertiary/aromatic N) is 3. The van der Waals surface area contributed by atoms with Gasteiger partial charge in [0.1, 0.15) is 12.4 Å². The van der Waals surface area contributed by atoms with Gasteiger partial charge < -0.3 is 15.1 Å². The van der Waals surface area contributed by atoms with Crippen LogP contribution in [0.1, 0.15) is 31.2 Å². The average Bonchev–Trinajstić information content (AvgIpc) is 3.36. The minimum Gasteiger partial charge on any atom is -0.461 e. The van der Waals surface area contributed by atoms with E-state index in [1.165, 1.54) is 5.56 Å². The molecule has 0 saturated heterocycles. The van der Waals surface area contributed by atoms with Gasteiger partial charge >= 0.3 is 0 Å². The number of furan rings is 1. The van der Waals surface area contributed by atoms with E-state index in [9.17, 15) is 0 Å². The molecule has 0 aliphatic rings. The molecule has 3 aromatic rings. The van der Waals surface area contributed by atoms with Crippen LogP contribution in [0.15, 0.2) is 58.1 Å². The SMILES string of the molecule is CCNC(=NCc1nc(-c2ccco2)n[nH]1)NCC(C)c1ccccc1.I. The van der Waals surface area contributed by atoms with E-state index in [4.69, 9.17) is 4.42 Å². The zero-order chi connectivity index (χ0) is 18.2. The van der Waals surface area contributed by atoms with Crippen molar-refractivity contribution < 1.29 is 4.42 Å².